The second kappa shape index (κ2) is 6.70. The van der Waals surface area contributed by atoms with Crippen LogP contribution in [0.1, 0.15) is 19.8 Å². The lowest BCUT2D eigenvalue weighted by molar-refractivity contribution is 0.0578. The number of aliphatic hydroxyl groups is 1. The quantitative estimate of drug-likeness (QED) is 0.896. The van der Waals surface area contributed by atoms with Crippen molar-refractivity contribution in [3.05, 3.63) is 30.3 Å². The van der Waals surface area contributed by atoms with Crippen LogP contribution in [0.3, 0.4) is 0 Å². The van der Waals surface area contributed by atoms with Crippen LogP contribution in [0.25, 0.3) is 0 Å². The Morgan fingerprint density at radius 3 is 2.65 bits per heavy atom. The van der Waals surface area contributed by atoms with E-state index in [1.165, 1.54) is 0 Å². The van der Waals surface area contributed by atoms with Crippen LogP contribution < -0.4 is 0 Å². The van der Waals surface area contributed by atoms with Crippen LogP contribution in [0.5, 0.6) is 0 Å². The maximum Gasteiger partial charge on any atom is 0.179 e. The van der Waals surface area contributed by atoms with E-state index in [-0.39, 0.29) is 18.4 Å². The van der Waals surface area contributed by atoms with Crippen molar-refractivity contribution in [3.63, 3.8) is 0 Å². The molecule has 1 N–H and O–H groups in total. The number of hydrogen-bond acceptors (Lipinski definition) is 4. The normalized spacial score (nSPS) is 24.7. The van der Waals surface area contributed by atoms with Gasteiger partial charge in [0.05, 0.1) is 17.3 Å². The molecule has 2 unspecified atom stereocenters. The molecule has 1 fully saturated rings. The molecule has 0 radical (unpaired) electrons. The van der Waals surface area contributed by atoms with Gasteiger partial charge in [-0.15, -0.1) is 0 Å². The van der Waals surface area contributed by atoms with E-state index in [0.717, 1.165) is 19.4 Å². The third kappa shape index (κ3) is 3.59. The van der Waals surface area contributed by atoms with Gasteiger partial charge in [-0.05, 0) is 37.4 Å². The topological polar surface area (TPSA) is 57.6 Å². The summed E-state index contributed by atoms with van der Waals surface area (Å²) in [5.74, 6) is 0.536. The highest BCUT2D eigenvalue weighted by Gasteiger charge is 2.28. The highest BCUT2D eigenvalue weighted by Crippen LogP contribution is 2.23. The van der Waals surface area contributed by atoms with Gasteiger partial charge in [-0.3, -0.25) is 4.90 Å². The first-order valence-electron chi connectivity index (χ1n) is 7.17. The fraction of sp³-hybridized carbons (Fsp3) is 0.600. The van der Waals surface area contributed by atoms with Crippen LogP contribution >= 0.6 is 0 Å². The van der Waals surface area contributed by atoms with Crippen LogP contribution in [0.15, 0.2) is 35.2 Å². The lowest BCUT2D eigenvalue weighted by Crippen LogP contribution is -2.48. The molecule has 4 nitrogen and oxygen atoms in total. The van der Waals surface area contributed by atoms with Crippen molar-refractivity contribution in [1.29, 1.82) is 0 Å². The van der Waals surface area contributed by atoms with E-state index < -0.39 is 9.84 Å². The van der Waals surface area contributed by atoms with Crippen molar-refractivity contribution in [2.24, 2.45) is 5.92 Å². The van der Waals surface area contributed by atoms with Crippen molar-refractivity contribution in [3.8, 4) is 0 Å². The van der Waals surface area contributed by atoms with Crippen LogP contribution in [-0.2, 0) is 9.84 Å². The molecule has 1 aliphatic rings. The predicted octanol–water partition coefficient (Wildman–Crippen LogP) is 1.55. The summed E-state index contributed by atoms with van der Waals surface area (Å²) < 4.78 is 24.5. The third-order valence-electron chi connectivity index (χ3n) is 4.17. The molecule has 5 heteroatoms. The predicted molar refractivity (Wildman–Crippen MR) is 79.3 cm³/mol. The fourth-order valence-electron chi connectivity index (χ4n) is 2.89. The number of hydrogen-bond donors (Lipinski definition) is 1. The van der Waals surface area contributed by atoms with Crippen LogP contribution in [0.4, 0.5) is 0 Å². The number of sulfone groups is 1. The van der Waals surface area contributed by atoms with E-state index >= 15 is 0 Å². The Kier molecular flexibility index (Phi) is 5.18. The van der Waals surface area contributed by atoms with Gasteiger partial charge in [-0.25, -0.2) is 8.42 Å². The molecule has 0 spiro atoms. The molecule has 0 aliphatic carbocycles. The van der Waals surface area contributed by atoms with Gasteiger partial charge in [-0.2, -0.15) is 0 Å². The fourth-order valence-corrected chi connectivity index (χ4v) is 4.17. The van der Waals surface area contributed by atoms with Gasteiger partial charge in [0.1, 0.15) is 0 Å². The Bertz CT molecular complexity index is 515. The highest BCUT2D eigenvalue weighted by atomic mass is 32.2. The van der Waals surface area contributed by atoms with Gasteiger partial charge in [0.25, 0.3) is 0 Å². The summed E-state index contributed by atoms with van der Waals surface area (Å²) in [5.41, 5.74) is 0. The Morgan fingerprint density at radius 1 is 1.30 bits per heavy atom. The molecule has 20 heavy (non-hydrogen) atoms. The van der Waals surface area contributed by atoms with Crippen LogP contribution in [0.2, 0.25) is 0 Å². The summed E-state index contributed by atoms with van der Waals surface area (Å²) in [4.78, 5) is 2.50. The third-order valence-corrected chi connectivity index (χ3v) is 5.88. The first-order valence-corrected chi connectivity index (χ1v) is 8.82. The summed E-state index contributed by atoms with van der Waals surface area (Å²) in [7, 11) is -3.23. The molecule has 0 bridgehead atoms. The smallest absolute Gasteiger partial charge is 0.179 e. The lowest BCUT2D eigenvalue weighted by atomic mass is 9.91. The monoisotopic (exact) mass is 297 g/mol. The molecular formula is C15H23NO3S. The molecule has 2 rings (SSSR count). The van der Waals surface area contributed by atoms with Crippen LogP contribution in [-0.4, -0.2) is 49.9 Å². The maximum atomic E-state index is 12.3. The minimum absolute atomic E-state index is 0.0923. The van der Waals surface area contributed by atoms with E-state index in [9.17, 15) is 13.5 Å². The number of nitrogens with zero attached hydrogens (tertiary/aromatic N) is 1. The van der Waals surface area contributed by atoms with Gasteiger partial charge < -0.3 is 5.11 Å². The number of aliphatic hydroxyl groups excluding tert-OH is 1. The molecule has 1 heterocycles. The maximum absolute atomic E-state index is 12.3. The number of piperidine rings is 1. The van der Waals surface area contributed by atoms with Crippen LogP contribution in [0, 0.1) is 5.92 Å². The zero-order valence-electron chi connectivity index (χ0n) is 11.9. The zero-order chi connectivity index (χ0) is 14.6. The van der Waals surface area contributed by atoms with Gasteiger partial charge in [-0.1, -0.05) is 25.1 Å². The Labute approximate surface area is 121 Å². The molecule has 1 aromatic rings. The van der Waals surface area contributed by atoms with E-state index in [4.69, 9.17) is 0 Å². The largest absolute Gasteiger partial charge is 0.395 e. The molecule has 1 aromatic carbocycles. The van der Waals surface area contributed by atoms with E-state index in [1.807, 2.05) is 6.07 Å². The number of benzene rings is 1. The van der Waals surface area contributed by atoms with E-state index in [1.54, 1.807) is 24.3 Å². The Balaban J connectivity index is 2.01. The SMILES string of the molecule is CC1CCCN(CCS(=O)(=O)c2ccccc2)C1CO. The van der Waals surface area contributed by atoms with Gasteiger partial charge in [0.2, 0.25) is 0 Å². The summed E-state index contributed by atoms with van der Waals surface area (Å²) in [6.07, 6.45) is 2.18. The lowest BCUT2D eigenvalue weighted by Gasteiger charge is -2.38. The number of rotatable bonds is 5. The zero-order valence-corrected chi connectivity index (χ0v) is 12.7. The minimum Gasteiger partial charge on any atom is -0.395 e. The molecule has 1 saturated heterocycles. The summed E-state index contributed by atoms with van der Waals surface area (Å²) in [6.45, 7) is 3.60. The van der Waals surface area contributed by atoms with Crippen molar-refractivity contribution < 1.29 is 13.5 Å². The molecule has 0 amide bonds. The summed E-state index contributed by atoms with van der Waals surface area (Å²) in [6, 6.07) is 8.66. The highest BCUT2D eigenvalue weighted by molar-refractivity contribution is 7.91. The standard InChI is InChI=1S/C15H23NO3S/c1-13-6-5-9-16(15(13)12-17)10-11-20(18,19)14-7-3-2-4-8-14/h2-4,7-8,13,15,17H,5-6,9-12H2,1H3. The van der Waals surface area contributed by atoms with Crippen molar-refractivity contribution in [1.82, 2.24) is 4.90 Å². The molecule has 0 aromatic heterocycles. The molecule has 0 saturated carbocycles. The second-order valence-electron chi connectivity index (χ2n) is 5.54. The Hall–Kier alpha value is -0.910. The average Bonchev–Trinajstić information content (AvgIpc) is 2.46. The summed E-state index contributed by atoms with van der Waals surface area (Å²) >= 11 is 0. The molecular weight excluding hydrogens is 274 g/mol. The first kappa shape index (κ1) is 15.5. The van der Waals surface area contributed by atoms with Gasteiger partial charge in [0.15, 0.2) is 9.84 Å². The van der Waals surface area contributed by atoms with Gasteiger partial charge >= 0.3 is 0 Å². The van der Waals surface area contributed by atoms with Gasteiger partial charge in [0, 0.05) is 12.6 Å². The number of likely N-dealkylation sites (tertiary alicyclic amines) is 1. The van der Waals surface area contributed by atoms with Crippen molar-refractivity contribution in [2.75, 3.05) is 25.4 Å². The summed E-state index contributed by atoms with van der Waals surface area (Å²) in [5, 5.41) is 9.49. The molecule has 112 valence electrons. The van der Waals surface area contributed by atoms with E-state index in [2.05, 4.69) is 11.8 Å². The molecule has 2 atom stereocenters. The van der Waals surface area contributed by atoms with Crippen molar-refractivity contribution >= 4 is 9.84 Å². The first-order chi connectivity index (χ1) is 9.54. The second-order valence-corrected chi connectivity index (χ2v) is 7.65. The van der Waals surface area contributed by atoms with Crippen molar-refractivity contribution in [2.45, 2.75) is 30.7 Å². The van der Waals surface area contributed by atoms with E-state index in [0.29, 0.717) is 17.4 Å². The average molecular weight is 297 g/mol. The Morgan fingerprint density at radius 2 is 2.00 bits per heavy atom. The molecule has 1 aliphatic heterocycles. The minimum atomic E-state index is -3.23.